The van der Waals surface area contributed by atoms with Gasteiger partial charge in [-0.1, -0.05) is 0 Å². The van der Waals surface area contributed by atoms with Crippen LogP contribution in [0.4, 0.5) is 0 Å². The molecule has 0 amide bonds. The van der Waals surface area contributed by atoms with Crippen LogP contribution in [0.3, 0.4) is 0 Å². The van der Waals surface area contributed by atoms with Crippen LogP contribution in [0, 0.1) is 0 Å². The largest absolute Gasteiger partial charge is 0.412 e. The molecule has 40 nitrogen and oxygen atoms in total. The van der Waals surface area contributed by atoms with Gasteiger partial charge in [-0.3, -0.25) is 0 Å². The van der Waals surface area contributed by atoms with E-state index in [-0.39, 0.29) is 755 Å². The van der Waals surface area contributed by atoms with Gasteiger partial charge in [0.1, 0.15) is 0 Å². The van der Waals surface area contributed by atoms with E-state index in [1.54, 1.807) is 0 Å². The van der Waals surface area contributed by atoms with Crippen molar-refractivity contribution >= 4 is 267 Å². The van der Waals surface area contributed by atoms with Gasteiger partial charge in [-0.15, -0.1) is 0 Å². The molecule has 0 aromatic carbocycles. The van der Waals surface area contributed by atoms with Crippen molar-refractivity contribution in [1.82, 2.24) is 0 Å². The monoisotopic (exact) mass is 3070 g/mol. The van der Waals surface area contributed by atoms with Crippen LogP contribution in [0.2, 0.25) is 0 Å². The minimum atomic E-state index is 0. The Hall–Kier alpha value is 15.8. The van der Waals surface area contributed by atoms with Gasteiger partial charge in [0, 0.05) is 526 Å². The summed E-state index contributed by atoms with van der Waals surface area (Å²) in [4.78, 5) is 0. The van der Waals surface area contributed by atoms with E-state index in [9.17, 15) is 0 Å². The molecule has 0 heterocycles. The molecule has 0 bridgehead atoms. The van der Waals surface area contributed by atoms with E-state index in [2.05, 4.69) is 0 Å². The molecule has 59 heteroatoms. The quantitative estimate of drug-likeness (QED) is 0.161. The second-order valence-electron chi connectivity index (χ2n) is 0. The molecule has 1 unspecified atom stereocenters. The molecule has 59 heavy (non-hydrogen) atoms. The first-order valence-electron chi connectivity index (χ1n) is 0. The van der Waals surface area contributed by atoms with Crippen molar-refractivity contribution < 1.29 is 488 Å². The van der Waals surface area contributed by atoms with E-state index in [4.69, 9.17) is 0 Å². The topological polar surface area (TPSA) is 1260 Å². The molecular formula is H83K5O40PV2W11. The van der Waals surface area contributed by atoms with Crippen molar-refractivity contribution in [1.29, 1.82) is 0 Å². The Labute approximate surface area is 735 Å². The smallest absolute Gasteiger partial charge is 0 e. The molecule has 0 spiro atoms. The summed E-state index contributed by atoms with van der Waals surface area (Å²) in [6.07, 6.45) is 0. The molecular weight excluding hydrogens is 2990 g/mol. The van der Waals surface area contributed by atoms with Gasteiger partial charge in [-0.25, -0.2) is 0 Å². The van der Waals surface area contributed by atoms with Crippen LogP contribution in [0.1, 0.15) is 0 Å². The third-order valence-electron chi connectivity index (χ3n) is 0. The fourth-order valence-corrected chi connectivity index (χ4v) is 0. The van der Waals surface area contributed by atoms with Crippen LogP contribution >= 0.6 is 9.90 Å². The van der Waals surface area contributed by atoms with E-state index in [1.807, 2.05) is 0 Å². The molecule has 1 atom stereocenters. The first-order valence-corrected chi connectivity index (χ1v) is 0. The molecule has 0 aromatic heterocycles. The Balaban J connectivity index is 0. The zero-order valence-electron chi connectivity index (χ0n) is 31.1. The Morgan fingerprint density at radius 2 is 0.0847 bits per heavy atom. The standard InChI is InChI=1S/5K.40H2O.H3P.2V.11W/h;;;;;40*1H2;1H3;;;;;;;;;;;;;. The van der Waals surface area contributed by atoms with E-state index in [0.717, 1.165) is 0 Å². The average molecular weight is 3070 g/mol. The fourth-order valence-electron chi connectivity index (χ4n) is 0. The van der Waals surface area contributed by atoms with E-state index in [1.165, 1.54) is 0 Å². The molecule has 0 aliphatic carbocycles. The van der Waals surface area contributed by atoms with Gasteiger partial charge in [-0.2, -0.15) is 9.90 Å². The number of hydrogen-bond donors (Lipinski definition) is 0. The summed E-state index contributed by atoms with van der Waals surface area (Å²) in [6, 6.07) is 0. The number of hydrogen-bond acceptors (Lipinski definition) is 0. The summed E-state index contributed by atoms with van der Waals surface area (Å²) in [5.41, 5.74) is 0. The van der Waals surface area contributed by atoms with Gasteiger partial charge in [0.15, 0.2) is 0 Å². The summed E-state index contributed by atoms with van der Waals surface area (Å²) >= 11 is 0. The van der Waals surface area contributed by atoms with Crippen LogP contribution in [-0.2, 0) is 269 Å². The zero-order valence-corrected chi connectivity index (χ0v) is 83.2. The van der Waals surface area contributed by atoms with Crippen LogP contribution in [0.5, 0.6) is 0 Å². The van der Waals surface area contributed by atoms with E-state index < -0.39 is 0 Å². The SMILES string of the molecule is O.O.O.O.O.O.O.O.O.O.O.O.O.O.O.O.O.O.O.O.O.O.O.O.O.O.O.O.O.O.O.O.O.O.O.O.O.O.O.O.P.[K].[K].[K].[K].[K].[V].[V].[W].[W].[W].[W].[W].[W].[W].[W].[W].[W].[W]. The van der Waals surface area contributed by atoms with Crippen molar-refractivity contribution in [2.24, 2.45) is 0 Å². The molecule has 0 rings (SSSR count). The molecule has 0 aliphatic heterocycles. The first kappa shape index (κ1) is 1640. The van der Waals surface area contributed by atoms with Crippen molar-refractivity contribution in [3.8, 4) is 0 Å². The molecule has 7 radical (unpaired) electrons. The van der Waals surface area contributed by atoms with E-state index in [0.29, 0.717) is 0 Å². The van der Waals surface area contributed by atoms with Gasteiger partial charge in [0.25, 0.3) is 0 Å². The molecule has 80 N–H and O–H groups in total. The maximum Gasteiger partial charge on any atom is 0 e. The molecule has 0 saturated carbocycles. The molecule has 0 fully saturated rings. The Kier molecular flexibility index (Phi) is 43700. The van der Waals surface area contributed by atoms with E-state index >= 15 is 0 Å². The minimum absolute atomic E-state index is 0. The summed E-state index contributed by atoms with van der Waals surface area (Å²) in [6.45, 7) is 0. The van der Waals surface area contributed by atoms with Gasteiger partial charge >= 0.3 is 0 Å². The normalized spacial score (nSPS) is 0. The summed E-state index contributed by atoms with van der Waals surface area (Å²) in [5.74, 6) is 0. The third-order valence-corrected chi connectivity index (χ3v) is 0. The third kappa shape index (κ3) is 1530. The van der Waals surface area contributed by atoms with Crippen LogP contribution in [-0.4, -0.2) is 476 Å². The predicted molar refractivity (Wildman–Crippen MR) is 184 cm³/mol. The minimum Gasteiger partial charge on any atom is -0.412 e. The van der Waals surface area contributed by atoms with Crippen molar-refractivity contribution in [3.63, 3.8) is 0 Å². The number of rotatable bonds is 0. The molecule has 0 saturated heterocycles. The summed E-state index contributed by atoms with van der Waals surface area (Å²) in [7, 11) is 0. The molecule has 0 aromatic rings. The maximum absolute atomic E-state index is 0. The Bertz CT molecular complexity index is 82.5. The van der Waals surface area contributed by atoms with Gasteiger partial charge in [-0.05, 0) is 0 Å². The Morgan fingerprint density at radius 3 is 0.0847 bits per heavy atom. The fraction of sp³-hybridized carbons (Fsp3) is 0. The maximum atomic E-state index is 0. The van der Waals surface area contributed by atoms with Crippen molar-refractivity contribution in [3.05, 3.63) is 0 Å². The van der Waals surface area contributed by atoms with Crippen molar-refractivity contribution in [2.45, 2.75) is 0 Å². The Morgan fingerprint density at radius 1 is 0.0847 bits per heavy atom. The zero-order chi connectivity index (χ0) is 0. The predicted octanol–water partition coefficient (Wildman–Crippen LogP) is -34.9. The first-order chi connectivity index (χ1) is 0. The van der Waals surface area contributed by atoms with Crippen LogP contribution in [0.15, 0.2) is 0 Å². The van der Waals surface area contributed by atoms with Gasteiger partial charge in [0.05, 0.1) is 0 Å². The van der Waals surface area contributed by atoms with Crippen molar-refractivity contribution in [2.75, 3.05) is 0 Å². The van der Waals surface area contributed by atoms with Gasteiger partial charge in [0.2, 0.25) is 0 Å². The van der Waals surface area contributed by atoms with Crippen LogP contribution in [0.25, 0.3) is 0 Å². The molecule has 0 aliphatic rings. The van der Waals surface area contributed by atoms with Crippen LogP contribution < -0.4 is 0 Å². The average Bonchev–Trinajstić information content (AvgIpc) is 0. The second kappa shape index (κ2) is 1570. The molecule has 409 valence electrons. The second-order valence-corrected chi connectivity index (χ2v) is 0. The summed E-state index contributed by atoms with van der Waals surface area (Å²) < 4.78 is 0. The summed E-state index contributed by atoms with van der Waals surface area (Å²) in [5, 5.41) is 0. The van der Waals surface area contributed by atoms with Gasteiger partial charge < -0.3 is 219 Å².